The second kappa shape index (κ2) is 9.81. The van der Waals surface area contributed by atoms with Gasteiger partial charge in [-0.2, -0.15) is 0 Å². The lowest BCUT2D eigenvalue weighted by Crippen LogP contribution is -2.38. The number of aliphatic hydroxyl groups excluding tert-OH is 1. The van der Waals surface area contributed by atoms with Crippen molar-refractivity contribution in [2.45, 2.75) is 12.3 Å². The van der Waals surface area contributed by atoms with Crippen molar-refractivity contribution in [3.8, 4) is 0 Å². The summed E-state index contributed by atoms with van der Waals surface area (Å²) in [4.78, 5) is 33.8. The van der Waals surface area contributed by atoms with Crippen LogP contribution in [0.1, 0.15) is 17.9 Å². The molecule has 0 bridgehead atoms. The van der Waals surface area contributed by atoms with E-state index in [2.05, 4.69) is 10.6 Å². The molecule has 1 unspecified atom stereocenters. The van der Waals surface area contributed by atoms with E-state index in [1.807, 2.05) is 0 Å². The maximum absolute atomic E-state index is 11.9. The van der Waals surface area contributed by atoms with E-state index in [1.54, 1.807) is 19.2 Å². The summed E-state index contributed by atoms with van der Waals surface area (Å²) in [6, 6.07) is 7.57. The molecule has 28 heavy (non-hydrogen) atoms. The molecule has 0 aliphatic carbocycles. The molecule has 0 amide bonds. The standard InChI is InChI=1S/C18H25N5O5/c1-21-16(11-17(25)22(2)18(21)26)20-10-9-19-8-7-14(12-24)13-3-5-15(6-4-13)23(27)28/h3-6,11,14,19-20,24H,7-10,12H2,1-2H3. The van der Waals surface area contributed by atoms with Gasteiger partial charge in [-0.3, -0.25) is 24.0 Å². The Labute approximate surface area is 161 Å². The molecule has 0 radical (unpaired) electrons. The Morgan fingerprint density at radius 1 is 1.11 bits per heavy atom. The number of aliphatic hydroxyl groups is 1. The first kappa shape index (κ1) is 21.3. The van der Waals surface area contributed by atoms with Gasteiger partial charge in [0.05, 0.1) is 4.92 Å². The molecule has 3 N–H and O–H groups in total. The van der Waals surface area contributed by atoms with Crippen LogP contribution in [0.25, 0.3) is 0 Å². The average Bonchev–Trinajstić information content (AvgIpc) is 2.69. The minimum atomic E-state index is -0.454. The summed E-state index contributed by atoms with van der Waals surface area (Å²) >= 11 is 0. The van der Waals surface area contributed by atoms with Crippen LogP contribution in [0.15, 0.2) is 39.9 Å². The largest absolute Gasteiger partial charge is 0.396 e. The summed E-state index contributed by atoms with van der Waals surface area (Å²) in [6.07, 6.45) is 0.665. The van der Waals surface area contributed by atoms with Gasteiger partial charge in [-0.1, -0.05) is 12.1 Å². The summed E-state index contributed by atoms with van der Waals surface area (Å²) in [6.45, 7) is 1.70. The summed E-state index contributed by atoms with van der Waals surface area (Å²) in [5, 5.41) is 26.6. The molecule has 0 fully saturated rings. The van der Waals surface area contributed by atoms with Gasteiger partial charge in [-0.25, -0.2) is 4.79 Å². The minimum Gasteiger partial charge on any atom is -0.396 e. The summed E-state index contributed by atoms with van der Waals surface area (Å²) in [7, 11) is 3.02. The number of benzene rings is 1. The lowest BCUT2D eigenvalue weighted by atomic mass is 9.96. The average molecular weight is 391 g/mol. The molecule has 1 atom stereocenters. The number of hydrogen-bond donors (Lipinski definition) is 3. The van der Waals surface area contributed by atoms with E-state index < -0.39 is 10.6 Å². The zero-order valence-electron chi connectivity index (χ0n) is 15.9. The highest BCUT2D eigenvalue weighted by atomic mass is 16.6. The Kier molecular flexibility index (Phi) is 7.47. The third-order valence-electron chi connectivity index (χ3n) is 4.60. The van der Waals surface area contributed by atoms with E-state index >= 15 is 0 Å². The van der Waals surface area contributed by atoms with E-state index in [0.717, 1.165) is 10.1 Å². The predicted molar refractivity (Wildman–Crippen MR) is 106 cm³/mol. The third kappa shape index (κ3) is 5.27. The number of aromatic nitrogens is 2. The zero-order valence-corrected chi connectivity index (χ0v) is 15.9. The van der Waals surface area contributed by atoms with Crippen molar-refractivity contribution in [2.75, 3.05) is 31.6 Å². The number of nitro groups is 1. The molecule has 0 aliphatic rings. The van der Waals surface area contributed by atoms with Gasteiger partial charge in [0.15, 0.2) is 0 Å². The van der Waals surface area contributed by atoms with Gasteiger partial charge in [0.2, 0.25) is 0 Å². The Morgan fingerprint density at radius 2 is 1.79 bits per heavy atom. The Balaban J connectivity index is 1.78. The Morgan fingerprint density at radius 3 is 2.39 bits per heavy atom. The van der Waals surface area contributed by atoms with Crippen molar-refractivity contribution in [2.24, 2.45) is 14.1 Å². The van der Waals surface area contributed by atoms with Crippen molar-refractivity contribution >= 4 is 11.5 Å². The second-order valence-electron chi connectivity index (χ2n) is 6.46. The molecule has 1 aromatic carbocycles. The molecule has 0 spiro atoms. The van der Waals surface area contributed by atoms with Gasteiger partial charge >= 0.3 is 5.69 Å². The van der Waals surface area contributed by atoms with Crippen LogP contribution in [0.2, 0.25) is 0 Å². The lowest BCUT2D eigenvalue weighted by Gasteiger charge is -2.15. The minimum absolute atomic E-state index is 0.0229. The van der Waals surface area contributed by atoms with E-state index in [0.29, 0.717) is 31.9 Å². The zero-order chi connectivity index (χ0) is 20.7. The Hall–Kier alpha value is -2.98. The molecule has 0 saturated heterocycles. The topological polar surface area (TPSA) is 131 Å². The maximum Gasteiger partial charge on any atom is 0.332 e. The predicted octanol–water partition coefficient (Wildman–Crippen LogP) is 0.160. The maximum atomic E-state index is 11.9. The number of nitrogens with one attached hydrogen (secondary N) is 2. The number of hydrogen-bond acceptors (Lipinski definition) is 7. The number of nitrogens with zero attached hydrogens (tertiary/aromatic N) is 3. The van der Waals surface area contributed by atoms with Crippen molar-refractivity contribution in [1.82, 2.24) is 14.5 Å². The van der Waals surface area contributed by atoms with Crippen LogP contribution < -0.4 is 21.9 Å². The molecule has 2 rings (SSSR count). The fourth-order valence-electron chi connectivity index (χ4n) is 2.81. The van der Waals surface area contributed by atoms with Crippen LogP contribution in [0.4, 0.5) is 11.5 Å². The van der Waals surface area contributed by atoms with Crippen LogP contribution in [0.5, 0.6) is 0 Å². The van der Waals surface area contributed by atoms with Gasteiger partial charge in [-0.05, 0) is 18.5 Å². The lowest BCUT2D eigenvalue weighted by molar-refractivity contribution is -0.384. The van der Waals surface area contributed by atoms with Gasteiger partial charge < -0.3 is 15.7 Å². The highest BCUT2D eigenvalue weighted by molar-refractivity contribution is 5.35. The first-order valence-electron chi connectivity index (χ1n) is 8.92. The molecule has 10 nitrogen and oxygen atoms in total. The number of nitro benzene ring substituents is 1. The first-order valence-corrected chi connectivity index (χ1v) is 8.92. The van der Waals surface area contributed by atoms with Gasteiger partial charge in [0.25, 0.3) is 11.2 Å². The van der Waals surface area contributed by atoms with Gasteiger partial charge in [0.1, 0.15) is 5.82 Å². The molecular formula is C18H25N5O5. The molecule has 0 aliphatic heterocycles. The monoisotopic (exact) mass is 391 g/mol. The second-order valence-corrected chi connectivity index (χ2v) is 6.46. The first-order chi connectivity index (χ1) is 13.3. The number of anilines is 1. The molecule has 0 saturated carbocycles. The summed E-state index contributed by atoms with van der Waals surface area (Å²) in [5.74, 6) is 0.341. The van der Waals surface area contributed by atoms with E-state index in [-0.39, 0.29) is 23.8 Å². The number of non-ortho nitro benzene ring substituents is 1. The van der Waals surface area contributed by atoms with Crippen LogP contribution in [0, 0.1) is 10.1 Å². The molecular weight excluding hydrogens is 366 g/mol. The van der Waals surface area contributed by atoms with E-state index in [9.17, 15) is 24.8 Å². The SMILES string of the molecule is Cn1c(NCCNCCC(CO)c2ccc([N+](=O)[O-])cc2)cc(=O)n(C)c1=O. The Bertz CT molecular complexity index is 919. The fourth-order valence-corrected chi connectivity index (χ4v) is 2.81. The highest BCUT2D eigenvalue weighted by Gasteiger charge is 2.12. The quantitative estimate of drug-likeness (QED) is 0.299. The van der Waals surface area contributed by atoms with E-state index in [1.165, 1.54) is 29.8 Å². The van der Waals surface area contributed by atoms with Crippen molar-refractivity contribution in [3.05, 3.63) is 66.8 Å². The molecule has 1 heterocycles. The fraction of sp³-hybridized carbons (Fsp3) is 0.444. The van der Waals surface area contributed by atoms with Crippen LogP contribution in [-0.4, -0.2) is 45.4 Å². The van der Waals surface area contributed by atoms with E-state index in [4.69, 9.17) is 0 Å². The molecule has 152 valence electrons. The van der Waals surface area contributed by atoms with Gasteiger partial charge in [0, 0.05) is 57.9 Å². The summed E-state index contributed by atoms with van der Waals surface area (Å²) < 4.78 is 2.41. The summed E-state index contributed by atoms with van der Waals surface area (Å²) in [5.41, 5.74) is 0.113. The normalized spacial score (nSPS) is 12.0. The van der Waals surface area contributed by atoms with Crippen LogP contribution in [-0.2, 0) is 14.1 Å². The molecule has 10 heteroatoms. The van der Waals surface area contributed by atoms with Gasteiger partial charge in [-0.15, -0.1) is 0 Å². The van der Waals surface area contributed by atoms with Crippen LogP contribution >= 0.6 is 0 Å². The third-order valence-corrected chi connectivity index (χ3v) is 4.60. The van der Waals surface area contributed by atoms with Crippen molar-refractivity contribution < 1.29 is 10.0 Å². The van der Waals surface area contributed by atoms with Crippen molar-refractivity contribution in [1.29, 1.82) is 0 Å². The smallest absolute Gasteiger partial charge is 0.332 e. The molecule has 1 aromatic heterocycles. The van der Waals surface area contributed by atoms with Crippen molar-refractivity contribution in [3.63, 3.8) is 0 Å². The van der Waals surface area contributed by atoms with Crippen LogP contribution in [0.3, 0.4) is 0 Å². The molecule has 2 aromatic rings. The number of rotatable bonds is 10. The highest BCUT2D eigenvalue weighted by Crippen LogP contribution is 2.21.